The number of likely N-dealkylation sites (N-methyl/N-ethyl adjacent to an activating group) is 1. The standard InChI is InChI=1S/C17H27ClN4O2/c1-17(2,3)24-16(23)22-10-6-5-7-14(22)12-21(4)11-13-8-9-19-15(18)20-13/h8-9,14H,5-7,10-12H2,1-4H3/t14-/m0/s1. The Hall–Kier alpha value is -1.40. The number of aromatic nitrogens is 2. The first kappa shape index (κ1) is 18.9. The zero-order valence-corrected chi connectivity index (χ0v) is 15.7. The van der Waals surface area contributed by atoms with Gasteiger partial charge in [0.15, 0.2) is 0 Å². The minimum Gasteiger partial charge on any atom is -0.444 e. The first-order valence-electron chi connectivity index (χ1n) is 8.40. The quantitative estimate of drug-likeness (QED) is 0.776. The normalized spacial score (nSPS) is 18.8. The number of ether oxygens (including phenoxy) is 1. The van der Waals surface area contributed by atoms with Gasteiger partial charge < -0.3 is 9.64 Å². The predicted octanol–water partition coefficient (Wildman–Crippen LogP) is 3.35. The van der Waals surface area contributed by atoms with Gasteiger partial charge in [-0.15, -0.1) is 0 Å². The SMILES string of the molecule is CN(Cc1ccnc(Cl)n1)C[C@@H]1CCCCN1C(=O)OC(C)(C)C. The van der Waals surface area contributed by atoms with Crippen LogP contribution in [0.25, 0.3) is 0 Å². The number of carbonyl (C=O) groups is 1. The van der Waals surface area contributed by atoms with Crippen LogP contribution in [0.5, 0.6) is 0 Å². The third kappa shape index (κ3) is 5.91. The van der Waals surface area contributed by atoms with E-state index in [1.165, 1.54) is 0 Å². The number of likely N-dealkylation sites (tertiary alicyclic amines) is 1. The summed E-state index contributed by atoms with van der Waals surface area (Å²) in [6, 6.07) is 2.02. The molecule has 1 aromatic rings. The Morgan fingerprint density at radius 3 is 2.88 bits per heavy atom. The molecule has 0 unspecified atom stereocenters. The van der Waals surface area contributed by atoms with E-state index in [2.05, 4.69) is 14.9 Å². The van der Waals surface area contributed by atoms with Gasteiger partial charge in [0.25, 0.3) is 0 Å². The molecular weight excluding hydrogens is 328 g/mol. The van der Waals surface area contributed by atoms with Crippen molar-refractivity contribution in [3.8, 4) is 0 Å². The molecule has 1 fully saturated rings. The monoisotopic (exact) mass is 354 g/mol. The maximum absolute atomic E-state index is 12.5. The third-order valence-electron chi connectivity index (χ3n) is 3.89. The Morgan fingerprint density at radius 2 is 2.21 bits per heavy atom. The number of hydrogen-bond donors (Lipinski definition) is 0. The van der Waals surface area contributed by atoms with Crippen LogP contribution in [0.4, 0.5) is 4.79 Å². The zero-order valence-electron chi connectivity index (χ0n) is 15.0. The molecule has 1 saturated heterocycles. The van der Waals surface area contributed by atoms with Crippen LogP contribution < -0.4 is 0 Å². The topological polar surface area (TPSA) is 58.6 Å². The fourth-order valence-electron chi connectivity index (χ4n) is 2.91. The maximum Gasteiger partial charge on any atom is 0.410 e. The average molecular weight is 355 g/mol. The van der Waals surface area contributed by atoms with Crippen molar-refractivity contribution in [2.24, 2.45) is 0 Å². The first-order chi connectivity index (χ1) is 11.2. The van der Waals surface area contributed by atoms with Crippen molar-refractivity contribution in [1.29, 1.82) is 0 Å². The predicted molar refractivity (Wildman–Crippen MR) is 94.0 cm³/mol. The van der Waals surface area contributed by atoms with Gasteiger partial charge in [0.05, 0.1) is 5.69 Å². The molecule has 0 radical (unpaired) electrons. The smallest absolute Gasteiger partial charge is 0.410 e. The summed E-state index contributed by atoms with van der Waals surface area (Å²) in [5.74, 6) is 0. The van der Waals surface area contributed by atoms with E-state index in [1.54, 1.807) is 6.20 Å². The molecule has 0 aromatic carbocycles. The van der Waals surface area contributed by atoms with E-state index in [0.29, 0.717) is 6.54 Å². The number of halogens is 1. The molecule has 0 spiro atoms. The number of rotatable bonds is 4. The van der Waals surface area contributed by atoms with Crippen LogP contribution >= 0.6 is 11.6 Å². The maximum atomic E-state index is 12.5. The molecular formula is C17H27ClN4O2. The van der Waals surface area contributed by atoms with E-state index in [1.807, 2.05) is 38.8 Å². The van der Waals surface area contributed by atoms with Crippen LogP contribution in [-0.4, -0.2) is 57.6 Å². The Bertz CT molecular complexity index is 562. The van der Waals surface area contributed by atoms with Gasteiger partial charge in [0.1, 0.15) is 5.60 Å². The second kappa shape index (κ2) is 8.12. The van der Waals surface area contributed by atoms with Gasteiger partial charge in [0, 0.05) is 31.9 Å². The van der Waals surface area contributed by atoms with Gasteiger partial charge in [-0.25, -0.2) is 14.8 Å². The molecule has 1 atom stereocenters. The second-order valence-corrected chi connectivity index (χ2v) is 7.68. The number of piperidine rings is 1. The van der Waals surface area contributed by atoms with Crippen molar-refractivity contribution in [2.75, 3.05) is 20.1 Å². The summed E-state index contributed by atoms with van der Waals surface area (Å²) in [7, 11) is 2.03. The largest absolute Gasteiger partial charge is 0.444 e. The summed E-state index contributed by atoms with van der Waals surface area (Å²) in [6.07, 6.45) is 4.60. The lowest BCUT2D eigenvalue weighted by Gasteiger charge is -2.38. The van der Waals surface area contributed by atoms with Crippen molar-refractivity contribution in [1.82, 2.24) is 19.8 Å². The van der Waals surface area contributed by atoms with Crippen molar-refractivity contribution in [3.05, 3.63) is 23.2 Å². The highest BCUT2D eigenvalue weighted by atomic mass is 35.5. The van der Waals surface area contributed by atoms with Crippen molar-refractivity contribution >= 4 is 17.7 Å². The second-order valence-electron chi connectivity index (χ2n) is 7.34. The molecule has 0 aliphatic carbocycles. The Morgan fingerprint density at radius 1 is 1.46 bits per heavy atom. The summed E-state index contributed by atoms with van der Waals surface area (Å²) in [5.41, 5.74) is 0.403. The molecule has 1 aliphatic heterocycles. The summed E-state index contributed by atoms with van der Waals surface area (Å²) in [4.78, 5) is 24.6. The lowest BCUT2D eigenvalue weighted by molar-refractivity contribution is 0.00583. The summed E-state index contributed by atoms with van der Waals surface area (Å²) < 4.78 is 5.55. The van der Waals surface area contributed by atoms with E-state index >= 15 is 0 Å². The summed E-state index contributed by atoms with van der Waals surface area (Å²) in [6.45, 7) is 7.90. The molecule has 1 aromatic heterocycles. The van der Waals surface area contributed by atoms with Crippen molar-refractivity contribution in [3.63, 3.8) is 0 Å². The summed E-state index contributed by atoms with van der Waals surface area (Å²) in [5, 5.41) is 0.258. The van der Waals surface area contributed by atoms with Gasteiger partial charge in [-0.2, -0.15) is 0 Å². The summed E-state index contributed by atoms with van der Waals surface area (Å²) >= 11 is 5.84. The van der Waals surface area contributed by atoms with Gasteiger partial charge in [-0.1, -0.05) is 0 Å². The number of carbonyl (C=O) groups excluding carboxylic acids is 1. The molecule has 6 nitrogen and oxygen atoms in total. The third-order valence-corrected chi connectivity index (χ3v) is 4.08. The molecule has 0 N–H and O–H groups in total. The number of hydrogen-bond acceptors (Lipinski definition) is 5. The molecule has 1 aliphatic rings. The number of nitrogens with zero attached hydrogens (tertiary/aromatic N) is 4. The van der Waals surface area contributed by atoms with Gasteiger partial charge in [-0.3, -0.25) is 4.90 Å². The molecule has 0 bridgehead atoms. The van der Waals surface area contributed by atoms with Crippen LogP contribution in [0.3, 0.4) is 0 Å². The van der Waals surface area contributed by atoms with E-state index in [9.17, 15) is 4.79 Å². The van der Waals surface area contributed by atoms with Crippen LogP contribution in [0.2, 0.25) is 5.28 Å². The molecule has 24 heavy (non-hydrogen) atoms. The lowest BCUT2D eigenvalue weighted by Crippen LogP contribution is -2.50. The minimum atomic E-state index is -0.470. The zero-order chi connectivity index (χ0) is 17.7. The lowest BCUT2D eigenvalue weighted by atomic mass is 10.0. The van der Waals surface area contributed by atoms with Gasteiger partial charge >= 0.3 is 6.09 Å². The van der Waals surface area contributed by atoms with E-state index < -0.39 is 5.60 Å². The van der Waals surface area contributed by atoms with E-state index in [4.69, 9.17) is 16.3 Å². The first-order valence-corrected chi connectivity index (χ1v) is 8.78. The fourth-order valence-corrected chi connectivity index (χ4v) is 3.07. The van der Waals surface area contributed by atoms with E-state index in [-0.39, 0.29) is 17.4 Å². The van der Waals surface area contributed by atoms with Crippen LogP contribution in [0.15, 0.2) is 12.3 Å². The van der Waals surface area contributed by atoms with Gasteiger partial charge in [-0.05, 0) is 64.7 Å². The van der Waals surface area contributed by atoms with E-state index in [0.717, 1.165) is 38.0 Å². The highest BCUT2D eigenvalue weighted by Gasteiger charge is 2.31. The molecule has 7 heteroatoms. The fraction of sp³-hybridized carbons (Fsp3) is 0.706. The van der Waals surface area contributed by atoms with Crippen LogP contribution in [0, 0.1) is 0 Å². The Balaban J connectivity index is 1.96. The van der Waals surface area contributed by atoms with Gasteiger partial charge in [0.2, 0.25) is 5.28 Å². The van der Waals surface area contributed by atoms with Crippen LogP contribution in [-0.2, 0) is 11.3 Å². The molecule has 134 valence electrons. The number of amides is 1. The van der Waals surface area contributed by atoms with Crippen molar-refractivity contribution < 1.29 is 9.53 Å². The van der Waals surface area contributed by atoms with Crippen LogP contribution in [0.1, 0.15) is 45.7 Å². The minimum absolute atomic E-state index is 0.163. The average Bonchev–Trinajstić information content (AvgIpc) is 2.45. The molecule has 2 rings (SSSR count). The Kier molecular flexibility index (Phi) is 6.40. The van der Waals surface area contributed by atoms with Crippen molar-refractivity contribution in [2.45, 2.75) is 58.2 Å². The molecule has 1 amide bonds. The Labute approximate surface area is 149 Å². The molecule has 0 saturated carbocycles. The molecule has 2 heterocycles. The highest BCUT2D eigenvalue weighted by Crippen LogP contribution is 2.21. The highest BCUT2D eigenvalue weighted by molar-refractivity contribution is 6.28.